The van der Waals surface area contributed by atoms with E-state index >= 15 is 0 Å². The smallest absolute Gasteiger partial charge is 0.161 e. The molecule has 0 radical (unpaired) electrons. The van der Waals surface area contributed by atoms with Crippen molar-refractivity contribution in [1.29, 1.82) is 0 Å². The molecule has 0 spiro atoms. The van der Waals surface area contributed by atoms with Crippen LogP contribution in [-0.2, 0) is 11.2 Å². The van der Waals surface area contributed by atoms with Crippen molar-refractivity contribution in [1.82, 2.24) is 14.9 Å². The van der Waals surface area contributed by atoms with E-state index in [0.717, 1.165) is 72.4 Å². The zero-order valence-electron chi connectivity index (χ0n) is 21.1. The number of hydrogen-bond acceptors (Lipinski definition) is 7. The second-order valence-corrected chi connectivity index (χ2v) is 9.96. The van der Waals surface area contributed by atoms with Gasteiger partial charge in [-0.05, 0) is 66.1 Å². The summed E-state index contributed by atoms with van der Waals surface area (Å²) in [6, 6.07) is 13.9. The van der Waals surface area contributed by atoms with Gasteiger partial charge in [-0.3, -0.25) is 4.90 Å². The molecular weight excluding hydrogens is 452 g/mol. The maximum Gasteiger partial charge on any atom is 0.161 e. The summed E-state index contributed by atoms with van der Waals surface area (Å²) in [7, 11) is 3.33. The molecule has 1 saturated heterocycles. The summed E-state index contributed by atoms with van der Waals surface area (Å²) in [5.74, 6) is 2.43. The molecule has 7 nitrogen and oxygen atoms in total. The average Bonchev–Trinajstić information content (AvgIpc) is 3.32. The summed E-state index contributed by atoms with van der Waals surface area (Å²) >= 11 is 0. The first kappa shape index (κ1) is 23.3. The largest absolute Gasteiger partial charge is 0.493 e. The number of rotatable bonds is 6. The molecule has 0 unspecified atom stereocenters. The van der Waals surface area contributed by atoms with Crippen LogP contribution in [0.1, 0.15) is 36.9 Å². The first-order valence-electron chi connectivity index (χ1n) is 13.0. The lowest BCUT2D eigenvalue weighted by molar-refractivity contribution is 0.00791. The van der Waals surface area contributed by atoms with Gasteiger partial charge in [0.05, 0.1) is 33.1 Å². The molecule has 0 amide bonds. The summed E-state index contributed by atoms with van der Waals surface area (Å²) < 4.78 is 16.5. The number of nitrogens with zero attached hydrogens (tertiary/aromatic N) is 3. The maximum absolute atomic E-state index is 5.54. The van der Waals surface area contributed by atoms with Crippen LogP contribution in [0.2, 0.25) is 0 Å². The van der Waals surface area contributed by atoms with Crippen LogP contribution in [0.4, 0.5) is 5.82 Å². The molecule has 1 saturated carbocycles. The molecule has 2 aromatic carbocycles. The number of fused-ring (bicyclic) bond motifs is 3. The monoisotopic (exact) mass is 486 g/mol. The van der Waals surface area contributed by atoms with Gasteiger partial charge < -0.3 is 19.5 Å². The van der Waals surface area contributed by atoms with E-state index in [0.29, 0.717) is 12.1 Å². The highest BCUT2D eigenvalue weighted by Crippen LogP contribution is 2.43. The second kappa shape index (κ2) is 10.1. The molecule has 0 atom stereocenters. The van der Waals surface area contributed by atoms with Crippen LogP contribution < -0.4 is 14.8 Å². The Labute approximate surface area is 212 Å². The normalized spacial score (nSPS) is 21.5. The Morgan fingerprint density at radius 3 is 2.42 bits per heavy atom. The Balaban J connectivity index is 1.23. The second-order valence-electron chi connectivity index (χ2n) is 9.96. The van der Waals surface area contributed by atoms with Crippen LogP contribution >= 0.6 is 0 Å². The molecule has 0 bridgehead atoms. The van der Waals surface area contributed by atoms with E-state index in [4.69, 9.17) is 19.2 Å². The third-order valence-corrected chi connectivity index (χ3v) is 7.98. The van der Waals surface area contributed by atoms with Crippen molar-refractivity contribution in [2.45, 2.75) is 44.2 Å². The Kier molecular flexibility index (Phi) is 6.50. The van der Waals surface area contributed by atoms with Crippen LogP contribution in [0.3, 0.4) is 0 Å². The molecule has 2 heterocycles. The fourth-order valence-electron chi connectivity index (χ4n) is 6.01. The fraction of sp³-hybridized carbons (Fsp3) is 0.448. The summed E-state index contributed by atoms with van der Waals surface area (Å²) in [4.78, 5) is 12.0. The van der Waals surface area contributed by atoms with Crippen molar-refractivity contribution in [3.8, 4) is 33.8 Å². The van der Waals surface area contributed by atoms with Gasteiger partial charge in [-0.15, -0.1) is 0 Å². The van der Waals surface area contributed by atoms with Gasteiger partial charge in [-0.1, -0.05) is 18.2 Å². The van der Waals surface area contributed by atoms with Crippen molar-refractivity contribution in [2.75, 3.05) is 45.8 Å². The molecule has 2 fully saturated rings. The minimum atomic E-state index is 0.444. The van der Waals surface area contributed by atoms with E-state index in [-0.39, 0.29) is 0 Å². The topological polar surface area (TPSA) is 68.7 Å². The molecule has 1 N–H and O–H groups in total. The highest BCUT2D eigenvalue weighted by Gasteiger charge is 2.29. The lowest BCUT2D eigenvalue weighted by atomic mass is 9.89. The molecule has 3 aliphatic rings. The Morgan fingerprint density at radius 2 is 1.64 bits per heavy atom. The number of methoxy groups -OCH3 is 2. The molecule has 7 heteroatoms. The number of hydrogen-bond donors (Lipinski definition) is 1. The van der Waals surface area contributed by atoms with Gasteiger partial charge >= 0.3 is 0 Å². The van der Waals surface area contributed by atoms with E-state index in [9.17, 15) is 0 Å². The zero-order chi connectivity index (χ0) is 24.5. The summed E-state index contributed by atoms with van der Waals surface area (Å²) in [6.45, 7) is 3.88. The number of nitrogens with one attached hydrogen (secondary N) is 1. The van der Waals surface area contributed by atoms with Gasteiger partial charge in [-0.25, -0.2) is 9.97 Å². The lowest BCUT2D eigenvalue weighted by Crippen LogP contribution is -2.46. The quantitative estimate of drug-likeness (QED) is 0.420. The average molecular weight is 487 g/mol. The predicted molar refractivity (Wildman–Crippen MR) is 141 cm³/mol. The Hall–Kier alpha value is -3.16. The van der Waals surface area contributed by atoms with E-state index in [2.05, 4.69) is 39.5 Å². The number of anilines is 1. The van der Waals surface area contributed by atoms with Gasteiger partial charge in [0.25, 0.3) is 0 Å². The highest BCUT2D eigenvalue weighted by molar-refractivity contribution is 5.87. The van der Waals surface area contributed by atoms with Crippen LogP contribution in [-0.4, -0.2) is 67.5 Å². The number of benzene rings is 2. The lowest BCUT2D eigenvalue weighted by Gasteiger charge is -2.39. The Morgan fingerprint density at radius 1 is 0.889 bits per heavy atom. The summed E-state index contributed by atoms with van der Waals surface area (Å²) in [5.41, 5.74) is 7.02. The molecule has 36 heavy (non-hydrogen) atoms. The van der Waals surface area contributed by atoms with Crippen LogP contribution in [0.25, 0.3) is 22.3 Å². The first-order chi connectivity index (χ1) is 17.7. The Bertz CT molecular complexity index is 1230. The zero-order valence-corrected chi connectivity index (χ0v) is 21.1. The van der Waals surface area contributed by atoms with E-state index < -0.39 is 0 Å². The predicted octanol–water partition coefficient (Wildman–Crippen LogP) is 4.79. The minimum Gasteiger partial charge on any atom is -0.493 e. The number of morpholine rings is 1. The van der Waals surface area contributed by atoms with Gasteiger partial charge in [0.15, 0.2) is 11.5 Å². The third-order valence-electron chi connectivity index (χ3n) is 7.98. The van der Waals surface area contributed by atoms with Crippen LogP contribution in [0.5, 0.6) is 11.5 Å². The fourth-order valence-corrected chi connectivity index (χ4v) is 6.01. The first-order valence-corrected chi connectivity index (χ1v) is 13.0. The van der Waals surface area contributed by atoms with E-state index in [1.165, 1.54) is 36.8 Å². The molecule has 1 aromatic heterocycles. The highest BCUT2D eigenvalue weighted by atomic mass is 16.5. The molecule has 2 aliphatic carbocycles. The minimum absolute atomic E-state index is 0.444. The van der Waals surface area contributed by atoms with Crippen molar-refractivity contribution in [2.24, 2.45) is 0 Å². The van der Waals surface area contributed by atoms with Gasteiger partial charge in [0.2, 0.25) is 0 Å². The number of aromatic nitrogens is 2. The van der Waals surface area contributed by atoms with E-state index in [1.807, 2.05) is 12.1 Å². The van der Waals surface area contributed by atoms with E-state index in [1.54, 1.807) is 20.5 Å². The van der Waals surface area contributed by atoms with Crippen molar-refractivity contribution in [3.05, 3.63) is 54.0 Å². The van der Waals surface area contributed by atoms with Crippen molar-refractivity contribution in [3.63, 3.8) is 0 Å². The van der Waals surface area contributed by atoms with Gasteiger partial charge in [0, 0.05) is 37.2 Å². The summed E-state index contributed by atoms with van der Waals surface area (Å²) in [6.07, 6.45) is 7.34. The molecule has 6 rings (SSSR count). The van der Waals surface area contributed by atoms with Crippen LogP contribution in [0, 0.1) is 0 Å². The SMILES string of the molecule is COc1ccc(-c2ccc3c(c2)-c2c(ncnc2NC2CCC(N4CCOCC4)CC2)C3)cc1OC. The van der Waals surface area contributed by atoms with Crippen molar-refractivity contribution >= 4 is 5.82 Å². The maximum atomic E-state index is 5.54. The molecular formula is C29H34N4O3. The number of ether oxygens (including phenoxy) is 3. The molecule has 1 aliphatic heterocycles. The van der Waals surface area contributed by atoms with Crippen molar-refractivity contribution < 1.29 is 14.2 Å². The summed E-state index contributed by atoms with van der Waals surface area (Å²) in [5, 5.41) is 3.81. The van der Waals surface area contributed by atoms with Crippen LogP contribution in [0.15, 0.2) is 42.7 Å². The third kappa shape index (κ3) is 4.42. The standard InChI is InChI=1S/C29H34N4O3/c1-34-26-10-5-20(17-27(26)35-2)19-3-4-21-16-25-28(24(21)15-19)29(31-18-30-25)32-22-6-8-23(9-7-22)33-11-13-36-14-12-33/h3-5,10,15,17-18,22-23H,6-9,11-14,16H2,1-2H3,(H,30,31,32). The molecule has 188 valence electrons. The molecule has 3 aromatic rings. The van der Waals surface area contributed by atoms with Gasteiger partial charge in [-0.2, -0.15) is 0 Å². The van der Waals surface area contributed by atoms with Gasteiger partial charge in [0.1, 0.15) is 12.1 Å².